The van der Waals surface area contributed by atoms with Gasteiger partial charge in [-0.25, -0.2) is 0 Å². The highest BCUT2D eigenvalue weighted by Gasteiger charge is 2.27. The van der Waals surface area contributed by atoms with Crippen LogP contribution in [-0.2, 0) is 17.8 Å². The molecule has 0 saturated carbocycles. The molecule has 1 unspecified atom stereocenters. The van der Waals surface area contributed by atoms with E-state index in [2.05, 4.69) is 15.4 Å². The van der Waals surface area contributed by atoms with E-state index in [4.69, 9.17) is 5.73 Å². The summed E-state index contributed by atoms with van der Waals surface area (Å²) in [7, 11) is 0. The lowest BCUT2D eigenvalue weighted by Gasteiger charge is -2.21. The lowest BCUT2D eigenvalue weighted by molar-refractivity contribution is -0.120. The van der Waals surface area contributed by atoms with Gasteiger partial charge in [0, 0.05) is 31.2 Å². The van der Waals surface area contributed by atoms with E-state index in [1.807, 2.05) is 29.9 Å². The lowest BCUT2D eigenvalue weighted by Crippen LogP contribution is -2.48. The molecule has 0 aliphatic carbocycles. The Kier molecular flexibility index (Phi) is 5.27. The van der Waals surface area contributed by atoms with Gasteiger partial charge in [0.25, 0.3) is 0 Å². The number of nitrogens with zero attached hydrogens (tertiary/aromatic N) is 3. The van der Waals surface area contributed by atoms with Crippen LogP contribution in [0.4, 0.5) is 5.82 Å². The van der Waals surface area contributed by atoms with Crippen LogP contribution in [0.15, 0.2) is 36.8 Å². The molecule has 22 heavy (non-hydrogen) atoms. The molecule has 1 atom stereocenters. The van der Waals surface area contributed by atoms with Gasteiger partial charge in [0.15, 0.2) is 5.82 Å². The summed E-state index contributed by atoms with van der Waals surface area (Å²) in [4.78, 5) is 16.1. The van der Waals surface area contributed by atoms with Gasteiger partial charge >= 0.3 is 0 Å². The highest BCUT2D eigenvalue weighted by Crippen LogP contribution is 2.12. The Morgan fingerprint density at radius 3 is 2.77 bits per heavy atom. The monoisotopic (exact) mass is 301 g/mol. The number of carbonyl (C=O) groups is 1. The van der Waals surface area contributed by atoms with Crippen molar-refractivity contribution in [3.8, 4) is 0 Å². The molecule has 2 aromatic heterocycles. The van der Waals surface area contributed by atoms with Gasteiger partial charge in [-0.1, -0.05) is 13.3 Å². The van der Waals surface area contributed by atoms with Crippen molar-refractivity contribution in [2.45, 2.75) is 45.2 Å². The molecule has 0 spiro atoms. The Morgan fingerprint density at radius 1 is 1.36 bits per heavy atom. The van der Waals surface area contributed by atoms with Gasteiger partial charge in [0.2, 0.25) is 5.91 Å². The smallest absolute Gasteiger partial charge is 0.245 e. The Balaban J connectivity index is 1.90. The van der Waals surface area contributed by atoms with Crippen molar-refractivity contribution in [2.75, 3.05) is 5.32 Å². The molecule has 118 valence electrons. The largest absolute Gasteiger partial charge is 0.318 e. The van der Waals surface area contributed by atoms with E-state index >= 15 is 0 Å². The molecule has 2 heterocycles. The van der Waals surface area contributed by atoms with E-state index in [1.54, 1.807) is 25.4 Å². The van der Waals surface area contributed by atoms with Crippen LogP contribution in [0.3, 0.4) is 0 Å². The first-order valence-electron chi connectivity index (χ1n) is 7.54. The Labute approximate surface area is 130 Å². The van der Waals surface area contributed by atoms with Crippen molar-refractivity contribution in [3.63, 3.8) is 0 Å². The molecule has 1 amide bonds. The summed E-state index contributed by atoms with van der Waals surface area (Å²) in [6.45, 7) is 4.49. The highest BCUT2D eigenvalue weighted by atomic mass is 16.2. The third kappa shape index (κ3) is 4.39. The van der Waals surface area contributed by atoms with Crippen molar-refractivity contribution in [3.05, 3.63) is 42.4 Å². The number of hydrogen-bond acceptors (Lipinski definition) is 4. The van der Waals surface area contributed by atoms with Gasteiger partial charge in [-0.3, -0.25) is 14.5 Å². The minimum Gasteiger partial charge on any atom is -0.318 e. The van der Waals surface area contributed by atoms with Crippen molar-refractivity contribution >= 4 is 11.7 Å². The highest BCUT2D eigenvalue weighted by molar-refractivity contribution is 5.96. The first-order valence-corrected chi connectivity index (χ1v) is 7.54. The maximum absolute atomic E-state index is 12.1. The van der Waals surface area contributed by atoms with Gasteiger partial charge in [0.1, 0.15) is 0 Å². The van der Waals surface area contributed by atoms with E-state index in [1.165, 1.54) is 5.56 Å². The van der Waals surface area contributed by atoms with Crippen LogP contribution in [0, 0.1) is 0 Å². The molecule has 0 saturated heterocycles. The number of pyridine rings is 1. The van der Waals surface area contributed by atoms with Crippen LogP contribution in [0.1, 0.15) is 32.3 Å². The SMILES string of the molecule is CCCC(C)(N)C(=O)Nc1ccn(CCc2ccncc2)n1. The number of hydrogen-bond donors (Lipinski definition) is 2. The standard InChI is InChI=1S/C16H23N5O/c1-3-8-16(2,17)15(22)19-14-7-12-21(20-14)11-6-13-4-9-18-10-5-13/h4-5,7,9-10,12H,3,6,8,11,17H2,1-2H3,(H,19,20,22). The number of rotatable bonds is 7. The van der Waals surface area contributed by atoms with Crippen LogP contribution in [-0.4, -0.2) is 26.2 Å². The minimum absolute atomic E-state index is 0.200. The van der Waals surface area contributed by atoms with E-state index in [0.29, 0.717) is 12.2 Å². The molecule has 0 fully saturated rings. The van der Waals surface area contributed by atoms with Crippen molar-refractivity contribution < 1.29 is 4.79 Å². The Hall–Kier alpha value is -2.21. The van der Waals surface area contributed by atoms with Crippen LogP contribution < -0.4 is 11.1 Å². The molecule has 0 aliphatic rings. The predicted molar refractivity (Wildman–Crippen MR) is 86.3 cm³/mol. The maximum atomic E-state index is 12.1. The van der Waals surface area contributed by atoms with Crippen LogP contribution >= 0.6 is 0 Å². The summed E-state index contributed by atoms with van der Waals surface area (Å²) in [6, 6.07) is 5.75. The van der Waals surface area contributed by atoms with Gasteiger partial charge < -0.3 is 11.1 Å². The number of nitrogens with two attached hydrogens (primary N) is 1. The molecule has 2 aromatic rings. The molecule has 0 aliphatic heterocycles. The zero-order chi connectivity index (χ0) is 16.0. The molecule has 2 rings (SSSR count). The molecule has 6 nitrogen and oxygen atoms in total. The first kappa shape index (κ1) is 16.2. The molecule has 3 N–H and O–H groups in total. The number of nitrogens with one attached hydrogen (secondary N) is 1. The van der Waals surface area contributed by atoms with Crippen LogP contribution in [0.25, 0.3) is 0 Å². The second-order valence-corrected chi connectivity index (χ2v) is 5.69. The van der Waals surface area contributed by atoms with Crippen LogP contribution in [0.5, 0.6) is 0 Å². The van der Waals surface area contributed by atoms with Crippen molar-refractivity contribution in [2.24, 2.45) is 5.73 Å². The summed E-state index contributed by atoms with van der Waals surface area (Å²) in [5.74, 6) is 0.334. The molecule has 0 radical (unpaired) electrons. The normalized spacial score (nSPS) is 13.6. The lowest BCUT2D eigenvalue weighted by atomic mass is 9.97. The molecule has 6 heteroatoms. The number of amides is 1. The van der Waals surface area contributed by atoms with E-state index in [0.717, 1.165) is 19.4 Å². The minimum atomic E-state index is -0.866. The molecule has 0 bridgehead atoms. The van der Waals surface area contributed by atoms with Crippen molar-refractivity contribution in [1.82, 2.24) is 14.8 Å². The molecular weight excluding hydrogens is 278 g/mol. The topological polar surface area (TPSA) is 85.8 Å². The van der Waals surface area contributed by atoms with Crippen LogP contribution in [0.2, 0.25) is 0 Å². The van der Waals surface area contributed by atoms with E-state index < -0.39 is 5.54 Å². The van der Waals surface area contributed by atoms with Gasteiger partial charge in [-0.05, 0) is 37.5 Å². The fourth-order valence-corrected chi connectivity index (χ4v) is 2.24. The summed E-state index contributed by atoms with van der Waals surface area (Å²) in [5.41, 5.74) is 6.34. The second-order valence-electron chi connectivity index (χ2n) is 5.69. The maximum Gasteiger partial charge on any atom is 0.245 e. The quantitative estimate of drug-likeness (QED) is 0.818. The Bertz CT molecular complexity index is 606. The average Bonchev–Trinajstić information content (AvgIpc) is 2.94. The predicted octanol–water partition coefficient (Wildman–Crippen LogP) is 1.98. The number of aromatic nitrogens is 3. The van der Waals surface area contributed by atoms with Gasteiger partial charge in [0.05, 0.1) is 5.54 Å². The third-order valence-corrected chi connectivity index (χ3v) is 3.55. The summed E-state index contributed by atoms with van der Waals surface area (Å²) in [5, 5.41) is 7.13. The molecule has 0 aromatic carbocycles. The summed E-state index contributed by atoms with van der Waals surface area (Å²) in [6.07, 6.45) is 7.77. The second kappa shape index (κ2) is 7.17. The van der Waals surface area contributed by atoms with E-state index in [-0.39, 0.29) is 5.91 Å². The molecular formula is C16H23N5O. The van der Waals surface area contributed by atoms with Gasteiger partial charge in [-0.2, -0.15) is 5.10 Å². The average molecular weight is 301 g/mol. The van der Waals surface area contributed by atoms with Gasteiger partial charge in [-0.15, -0.1) is 0 Å². The zero-order valence-electron chi connectivity index (χ0n) is 13.1. The number of anilines is 1. The van der Waals surface area contributed by atoms with Crippen molar-refractivity contribution in [1.29, 1.82) is 0 Å². The summed E-state index contributed by atoms with van der Waals surface area (Å²) < 4.78 is 1.81. The Morgan fingerprint density at radius 2 is 2.09 bits per heavy atom. The van der Waals surface area contributed by atoms with E-state index in [9.17, 15) is 4.79 Å². The fraction of sp³-hybridized carbons (Fsp3) is 0.438. The summed E-state index contributed by atoms with van der Waals surface area (Å²) >= 11 is 0. The zero-order valence-corrected chi connectivity index (χ0v) is 13.1. The number of aryl methyl sites for hydroxylation is 2. The first-order chi connectivity index (χ1) is 10.5. The third-order valence-electron chi connectivity index (χ3n) is 3.55. The number of carbonyl (C=O) groups excluding carboxylic acids is 1. The fourth-order valence-electron chi connectivity index (χ4n) is 2.24.